The van der Waals surface area contributed by atoms with Crippen molar-refractivity contribution < 1.29 is 22.4 Å². The van der Waals surface area contributed by atoms with Crippen LogP contribution in [0.3, 0.4) is 0 Å². The lowest BCUT2D eigenvalue weighted by Gasteiger charge is -2.35. The van der Waals surface area contributed by atoms with E-state index in [0.29, 0.717) is 29.4 Å². The normalized spacial score (nSPS) is 21.1. The van der Waals surface area contributed by atoms with Crippen molar-refractivity contribution in [2.75, 3.05) is 32.9 Å². The molecule has 2 aromatic rings. The summed E-state index contributed by atoms with van der Waals surface area (Å²) in [5, 5.41) is 0.340. The number of sulfonamides is 1. The van der Waals surface area contributed by atoms with Gasteiger partial charge in [-0.2, -0.15) is 0 Å². The highest BCUT2D eigenvalue weighted by atomic mass is 32.2. The Balaban J connectivity index is 1.70. The number of carbonyl (C=O) groups is 1. The molecule has 1 saturated heterocycles. The molecule has 1 fully saturated rings. The molecule has 0 N–H and O–H groups in total. The van der Waals surface area contributed by atoms with Crippen LogP contribution in [0.2, 0.25) is 0 Å². The van der Waals surface area contributed by atoms with Crippen molar-refractivity contribution >= 4 is 38.8 Å². The number of rotatable bonds is 5. The highest BCUT2D eigenvalue weighted by molar-refractivity contribution is 7.99. The van der Waals surface area contributed by atoms with Gasteiger partial charge in [0.15, 0.2) is 5.58 Å². The van der Waals surface area contributed by atoms with Gasteiger partial charge in [0.2, 0.25) is 15.9 Å². The van der Waals surface area contributed by atoms with E-state index in [9.17, 15) is 13.2 Å². The minimum Gasteiger partial charge on any atom is -0.431 e. The van der Waals surface area contributed by atoms with Crippen molar-refractivity contribution in [2.24, 2.45) is 0 Å². The number of fused-ring (bicyclic) bond motifs is 1. The first-order valence-electron chi connectivity index (χ1n) is 8.56. The van der Waals surface area contributed by atoms with E-state index < -0.39 is 10.0 Å². The van der Waals surface area contributed by atoms with Crippen molar-refractivity contribution in [3.05, 3.63) is 18.2 Å². The van der Waals surface area contributed by atoms with Gasteiger partial charge in [-0.15, -0.1) is 0 Å². The minimum absolute atomic E-state index is 0.000121. The van der Waals surface area contributed by atoms with Gasteiger partial charge >= 0.3 is 0 Å². The van der Waals surface area contributed by atoms with Crippen LogP contribution in [0.25, 0.3) is 11.1 Å². The molecule has 0 aliphatic carbocycles. The Morgan fingerprint density at radius 3 is 2.59 bits per heavy atom. The third kappa shape index (κ3) is 4.45. The molecule has 1 aromatic heterocycles. The molecule has 10 heteroatoms. The maximum atomic E-state index is 12.4. The van der Waals surface area contributed by atoms with Crippen molar-refractivity contribution in [3.63, 3.8) is 0 Å². The van der Waals surface area contributed by atoms with Gasteiger partial charge in [-0.3, -0.25) is 4.79 Å². The topological polar surface area (TPSA) is 93.0 Å². The zero-order valence-electron chi connectivity index (χ0n) is 15.7. The average Bonchev–Trinajstić information content (AvgIpc) is 3.00. The number of amides is 1. The zero-order valence-corrected chi connectivity index (χ0v) is 17.3. The van der Waals surface area contributed by atoms with Crippen LogP contribution < -0.4 is 0 Å². The molecule has 0 saturated carbocycles. The Morgan fingerprint density at radius 2 is 1.96 bits per heavy atom. The lowest BCUT2D eigenvalue weighted by atomic mass is 10.2. The SMILES string of the molecule is C[C@@H]1CN(C(=O)CSc2nc3cc(S(=O)(=O)N(C)C)ccc3o2)C[C@@H](C)O1. The van der Waals surface area contributed by atoms with Gasteiger partial charge in [-0.25, -0.2) is 17.7 Å². The van der Waals surface area contributed by atoms with Crippen LogP contribution in [0.4, 0.5) is 0 Å². The third-order valence-electron chi connectivity index (χ3n) is 4.21. The van der Waals surface area contributed by atoms with Crippen LogP contribution >= 0.6 is 11.8 Å². The molecule has 1 amide bonds. The molecule has 2 atom stereocenters. The molecule has 0 radical (unpaired) electrons. The van der Waals surface area contributed by atoms with Crippen LogP contribution in [-0.4, -0.2) is 73.7 Å². The van der Waals surface area contributed by atoms with E-state index in [0.717, 1.165) is 4.31 Å². The fraction of sp³-hybridized carbons (Fsp3) is 0.529. The van der Waals surface area contributed by atoms with Crippen molar-refractivity contribution in [1.29, 1.82) is 0 Å². The largest absolute Gasteiger partial charge is 0.431 e. The fourth-order valence-electron chi connectivity index (χ4n) is 2.92. The predicted molar refractivity (Wildman–Crippen MR) is 102 cm³/mol. The number of thioether (sulfide) groups is 1. The Morgan fingerprint density at radius 1 is 1.30 bits per heavy atom. The molecular formula is C17H23N3O5S2. The number of hydrogen-bond acceptors (Lipinski definition) is 7. The number of aromatic nitrogens is 1. The summed E-state index contributed by atoms with van der Waals surface area (Å²) >= 11 is 1.20. The molecular weight excluding hydrogens is 390 g/mol. The molecule has 0 unspecified atom stereocenters. The van der Waals surface area contributed by atoms with Crippen LogP contribution in [-0.2, 0) is 19.6 Å². The highest BCUT2D eigenvalue weighted by Gasteiger charge is 2.26. The Hall–Kier alpha value is -1.62. The van der Waals surface area contributed by atoms with Crippen molar-refractivity contribution in [2.45, 2.75) is 36.2 Å². The first-order valence-corrected chi connectivity index (χ1v) is 11.0. The number of nitrogens with zero attached hydrogens (tertiary/aromatic N) is 3. The number of benzene rings is 1. The molecule has 148 valence electrons. The second-order valence-corrected chi connectivity index (χ2v) is 9.82. The number of ether oxygens (including phenoxy) is 1. The average molecular weight is 414 g/mol. The molecule has 3 rings (SSSR count). The van der Waals surface area contributed by atoms with E-state index in [1.807, 2.05) is 13.8 Å². The molecule has 27 heavy (non-hydrogen) atoms. The van der Waals surface area contributed by atoms with Crippen LogP contribution in [0.5, 0.6) is 0 Å². The standard InChI is InChI=1S/C17H23N3O5S2/c1-11-8-20(9-12(2)24-11)16(21)10-26-17-18-14-7-13(5-6-15(14)25-17)27(22,23)19(3)4/h5-7,11-12H,8-10H2,1-4H3/t11-,12-/m1/s1. The molecule has 1 aliphatic heterocycles. The minimum atomic E-state index is -3.54. The molecule has 2 heterocycles. The van der Waals surface area contributed by atoms with Gasteiger partial charge in [0.25, 0.3) is 5.22 Å². The Kier molecular flexibility index (Phi) is 5.80. The Labute approximate surface area is 162 Å². The fourth-order valence-corrected chi connectivity index (χ4v) is 4.58. The summed E-state index contributed by atoms with van der Waals surface area (Å²) in [7, 11) is -0.588. The number of carbonyl (C=O) groups excluding carboxylic acids is 1. The first kappa shape index (κ1) is 20.1. The van der Waals surface area contributed by atoms with E-state index in [4.69, 9.17) is 9.15 Å². The van der Waals surface area contributed by atoms with Gasteiger partial charge in [0, 0.05) is 27.2 Å². The van der Waals surface area contributed by atoms with E-state index in [1.165, 1.54) is 38.0 Å². The van der Waals surface area contributed by atoms with E-state index in [-0.39, 0.29) is 28.8 Å². The van der Waals surface area contributed by atoms with E-state index in [1.54, 1.807) is 11.0 Å². The summed E-state index contributed by atoms with van der Waals surface area (Å²) in [6.45, 7) is 5.04. The summed E-state index contributed by atoms with van der Waals surface area (Å²) < 4.78 is 36.9. The van der Waals surface area contributed by atoms with Gasteiger partial charge < -0.3 is 14.1 Å². The quantitative estimate of drug-likeness (QED) is 0.690. The van der Waals surface area contributed by atoms with Gasteiger partial charge in [-0.1, -0.05) is 11.8 Å². The number of hydrogen-bond donors (Lipinski definition) is 0. The molecule has 1 aliphatic rings. The summed E-state index contributed by atoms with van der Waals surface area (Å²) in [6.07, 6.45) is 0.0354. The van der Waals surface area contributed by atoms with Gasteiger partial charge in [0.1, 0.15) is 5.52 Å². The molecule has 8 nitrogen and oxygen atoms in total. The maximum absolute atomic E-state index is 12.4. The van der Waals surface area contributed by atoms with Crippen molar-refractivity contribution in [3.8, 4) is 0 Å². The summed E-state index contributed by atoms with van der Waals surface area (Å²) in [5.74, 6) is 0.204. The highest BCUT2D eigenvalue weighted by Crippen LogP contribution is 2.26. The third-order valence-corrected chi connectivity index (χ3v) is 6.83. The molecule has 0 bridgehead atoms. The van der Waals surface area contributed by atoms with Gasteiger partial charge in [-0.05, 0) is 32.0 Å². The monoisotopic (exact) mass is 413 g/mol. The number of morpholine rings is 1. The smallest absolute Gasteiger partial charge is 0.257 e. The van der Waals surface area contributed by atoms with Crippen LogP contribution in [0.15, 0.2) is 32.7 Å². The second kappa shape index (κ2) is 7.78. The predicted octanol–water partition coefficient (Wildman–Crippen LogP) is 1.81. The molecule has 0 spiro atoms. The van der Waals surface area contributed by atoms with Crippen LogP contribution in [0.1, 0.15) is 13.8 Å². The maximum Gasteiger partial charge on any atom is 0.257 e. The van der Waals surface area contributed by atoms with Gasteiger partial charge in [0.05, 0.1) is 22.9 Å². The first-order chi connectivity index (χ1) is 12.7. The number of oxazole rings is 1. The van der Waals surface area contributed by atoms with Crippen molar-refractivity contribution in [1.82, 2.24) is 14.2 Å². The Bertz CT molecular complexity index is 931. The van der Waals surface area contributed by atoms with Crippen LogP contribution in [0, 0.1) is 0 Å². The summed E-state index contributed by atoms with van der Waals surface area (Å²) in [5.41, 5.74) is 0.928. The summed E-state index contributed by atoms with van der Waals surface area (Å²) in [4.78, 5) is 18.7. The summed E-state index contributed by atoms with van der Waals surface area (Å²) in [6, 6.07) is 4.54. The lowest BCUT2D eigenvalue weighted by Crippen LogP contribution is -2.48. The second-order valence-electron chi connectivity index (χ2n) is 6.74. The zero-order chi connectivity index (χ0) is 19.8. The lowest BCUT2D eigenvalue weighted by molar-refractivity contribution is -0.140. The van der Waals surface area contributed by atoms with E-state index in [2.05, 4.69) is 4.98 Å². The van der Waals surface area contributed by atoms with E-state index >= 15 is 0 Å². The molecule has 1 aromatic carbocycles.